The van der Waals surface area contributed by atoms with Crippen LogP contribution in [0.25, 0.3) is 0 Å². The Morgan fingerprint density at radius 1 is 0.676 bits per heavy atom. The molecule has 0 bridgehead atoms. The van der Waals surface area contributed by atoms with Crippen LogP contribution >= 0.6 is 0 Å². The first-order chi connectivity index (χ1) is 16.9. The summed E-state index contributed by atoms with van der Waals surface area (Å²) < 4.78 is 10.4. The molecule has 0 radical (unpaired) electrons. The molecule has 0 unspecified atom stereocenters. The Balaban J connectivity index is 0.000000397. The summed E-state index contributed by atoms with van der Waals surface area (Å²) in [5.74, 6) is -0.126. The monoisotopic (exact) mass is 528 g/mol. The number of carbonyl (C=O) groups is 3. The second-order valence-corrected chi connectivity index (χ2v) is 13.0. The number of hydrogen-bond donors (Lipinski definition) is 5. The van der Waals surface area contributed by atoms with E-state index in [1.807, 2.05) is 41.5 Å². The van der Waals surface area contributed by atoms with E-state index in [0.717, 1.165) is 51.4 Å². The van der Waals surface area contributed by atoms with Crippen molar-refractivity contribution in [2.45, 2.75) is 142 Å². The minimum Gasteiger partial charge on any atom is -0.444 e. The van der Waals surface area contributed by atoms with Gasteiger partial charge in [0, 0.05) is 24.2 Å². The molecule has 0 aromatic heterocycles. The van der Waals surface area contributed by atoms with Gasteiger partial charge in [0.2, 0.25) is 5.91 Å². The summed E-state index contributed by atoms with van der Waals surface area (Å²) in [6.45, 7) is 14.4. The molecule has 0 aromatic rings. The molecule has 2 rings (SSSR count). The number of rotatable bonds is 5. The standard InChI is InChI=1S/C16H30N2O4.C11H22N2O2/c1-15(2,3)22-14(21)18-12-8-6-11(7-9-12)17-13(20)16(4,5)10-19;1-11(2,3)15-10(14)13-9-6-4-8(12)5-7-9/h11-12,19H,6-10H2,1-5H3,(H,17,20)(H,18,21);8-9H,4-7,12H2,1-3H3,(H,13,14). The molecule has 0 aliphatic heterocycles. The third kappa shape index (κ3) is 14.4. The smallest absolute Gasteiger partial charge is 0.407 e. The van der Waals surface area contributed by atoms with Gasteiger partial charge in [-0.05, 0) is 107 Å². The molecule has 0 saturated heterocycles. The molecule has 0 atom stereocenters. The largest absolute Gasteiger partial charge is 0.444 e. The summed E-state index contributed by atoms with van der Waals surface area (Å²) in [7, 11) is 0. The minimum absolute atomic E-state index is 0.0915. The molecule has 10 heteroatoms. The second-order valence-electron chi connectivity index (χ2n) is 13.0. The number of ether oxygens (including phenoxy) is 2. The molecule has 0 aromatic carbocycles. The van der Waals surface area contributed by atoms with Gasteiger partial charge < -0.3 is 36.3 Å². The number of aliphatic hydroxyl groups excluding tert-OH is 1. The zero-order chi connectivity index (χ0) is 28.4. The molecule has 37 heavy (non-hydrogen) atoms. The molecule has 216 valence electrons. The van der Waals surface area contributed by atoms with E-state index in [1.165, 1.54) is 0 Å². The lowest BCUT2D eigenvalue weighted by molar-refractivity contribution is -0.132. The zero-order valence-electron chi connectivity index (χ0n) is 24.2. The lowest BCUT2D eigenvalue weighted by atomic mass is 9.88. The molecule has 2 fully saturated rings. The van der Waals surface area contributed by atoms with Crippen LogP contribution in [0.4, 0.5) is 9.59 Å². The zero-order valence-corrected chi connectivity index (χ0v) is 24.2. The van der Waals surface area contributed by atoms with E-state index in [4.69, 9.17) is 15.2 Å². The van der Waals surface area contributed by atoms with Gasteiger partial charge in [0.1, 0.15) is 11.2 Å². The minimum atomic E-state index is -0.758. The first-order valence-electron chi connectivity index (χ1n) is 13.6. The van der Waals surface area contributed by atoms with Crippen molar-refractivity contribution in [3.05, 3.63) is 0 Å². The summed E-state index contributed by atoms with van der Waals surface area (Å²) in [6, 6.07) is 0.741. The fourth-order valence-corrected chi connectivity index (χ4v) is 4.05. The van der Waals surface area contributed by atoms with Crippen molar-refractivity contribution in [3.63, 3.8) is 0 Å². The number of amides is 3. The molecular weight excluding hydrogens is 476 g/mol. The highest BCUT2D eigenvalue weighted by molar-refractivity contribution is 5.82. The van der Waals surface area contributed by atoms with E-state index in [1.54, 1.807) is 13.8 Å². The molecule has 3 amide bonds. The quantitative estimate of drug-likeness (QED) is 0.364. The van der Waals surface area contributed by atoms with Crippen molar-refractivity contribution in [2.24, 2.45) is 11.1 Å². The molecule has 0 heterocycles. The van der Waals surface area contributed by atoms with Crippen LogP contribution in [0.2, 0.25) is 0 Å². The number of carbonyl (C=O) groups excluding carboxylic acids is 3. The third-order valence-electron chi connectivity index (χ3n) is 6.29. The first kappa shape index (κ1) is 33.0. The van der Waals surface area contributed by atoms with E-state index in [0.29, 0.717) is 6.04 Å². The maximum Gasteiger partial charge on any atom is 0.407 e. The van der Waals surface area contributed by atoms with Crippen molar-refractivity contribution in [1.29, 1.82) is 0 Å². The maximum absolute atomic E-state index is 12.0. The van der Waals surface area contributed by atoms with Crippen LogP contribution < -0.4 is 21.7 Å². The Bertz CT molecular complexity index is 728. The van der Waals surface area contributed by atoms with Crippen LogP contribution in [0.3, 0.4) is 0 Å². The Morgan fingerprint density at radius 2 is 1.00 bits per heavy atom. The number of aliphatic hydroxyl groups is 1. The second kappa shape index (κ2) is 14.2. The van der Waals surface area contributed by atoms with Crippen LogP contribution in [0.5, 0.6) is 0 Å². The first-order valence-corrected chi connectivity index (χ1v) is 13.6. The van der Waals surface area contributed by atoms with Gasteiger partial charge in [-0.1, -0.05) is 0 Å². The number of nitrogens with two attached hydrogens (primary N) is 1. The average molecular weight is 529 g/mol. The van der Waals surface area contributed by atoms with Gasteiger partial charge >= 0.3 is 12.2 Å². The van der Waals surface area contributed by atoms with E-state index in [-0.39, 0.29) is 42.8 Å². The Hall–Kier alpha value is -2.07. The number of hydrogen-bond acceptors (Lipinski definition) is 7. The molecule has 2 saturated carbocycles. The van der Waals surface area contributed by atoms with Gasteiger partial charge in [-0.2, -0.15) is 0 Å². The van der Waals surface area contributed by atoms with Gasteiger partial charge in [-0.25, -0.2) is 9.59 Å². The van der Waals surface area contributed by atoms with E-state index >= 15 is 0 Å². The molecule has 2 aliphatic carbocycles. The van der Waals surface area contributed by atoms with Crippen molar-refractivity contribution in [2.75, 3.05) is 6.61 Å². The van der Waals surface area contributed by atoms with Gasteiger partial charge in [0.05, 0.1) is 12.0 Å². The predicted octanol–water partition coefficient (Wildman–Crippen LogP) is 3.74. The molecule has 10 nitrogen and oxygen atoms in total. The van der Waals surface area contributed by atoms with Crippen molar-refractivity contribution in [3.8, 4) is 0 Å². The summed E-state index contributed by atoms with van der Waals surface area (Å²) in [5.41, 5.74) is 4.11. The SMILES string of the molecule is CC(C)(C)OC(=O)NC1CCC(N)CC1.CC(C)(C)OC(=O)NC1CCC(NC(=O)C(C)(C)CO)CC1. The van der Waals surface area contributed by atoms with E-state index < -0.39 is 16.6 Å². The van der Waals surface area contributed by atoms with Crippen molar-refractivity contribution in [1.82, 2.24) is 16.0 Å². The molecule has 2 aliphatic rings. The highest BCUT2D eigenvalue weighted by atomic mass is 16.6. The lowest BCUT2D eigenvalue weighted by Gasteiger charge is -2.32. The van der Waals surface area contributed by atoms with E-state index in [9.17, 15) is 19.5 Å². The number of alkyl carbamates (subject to hydrolysis) is 2. The van der Waals surface area contributed by atoms with Crippen LogP contribution in [0.15, 0.2) is 0 Å². The third-order valence-corrected chi connectivity index (χ3v) is 6.29. The Labute approximate surface area is 223 Å². The predicted molar refractivity (Wildman–Crippen MR) is 144 cm³/mol. The fourth-order valence-electron chi connectivity index (χ4n) is 4.05. The number of nitrogens with one attached hydrogen (secondary N) is 3. The van der Waals surface area contributed by atoms with Crippen LogP contribution in [-0.4, -0.2) is 65.2 Å². The van der Waals surface area contributed by atoms with E-state index in [2.05, 4.69) is 16.0 Å². The van der Waals surface area contributed by atoms with Gasteiger partial charge in [-0.3, -0.25) is 4.79 Å². The maximum atomic E-state index is 12.0. The van der Waals surface area contributed by atoms with Gasteiger partial charge in [0.25, 0.3) is 0 Å². The topological polar surface area (TPSA) is 152 Å². The van der Waals surface area contributed by atoms with Crippen molar-refractivity contribution >= 4 is 18.1 Å². The fraction of sp³-hybridized carbons (Fsp3) is 0.889. The average Bonchev–Trinajstić information content (AvgIpc) is 2.74. The van der Waals surface area contributed by atoms with Gasteiger partial charge in [-0.15, -0.1) is 0 Å². The normalized spacial score (nSPS) is 24.6. The summed E-state index contributed by atoms with van der Waals surface area (Å²) >= 11 is 0. The summed E-state index contributed by atoms with van der Waals surface area (Å²) in [5, 5.41) is 17.9. The Morgan fingerprint density at radius 3 is 1.32 bits per heavy atom. The lowest BCUT2D eigenvalue weighted by Crippen LogP contribution is -2.48. The van der Waals surface area contributed by atoms with Crippen LogP contribution in [0.1, 0.15) is 107 Å². The van der Waals surface area contributed by atoms with Crippen LogP contribution in [0, 0.1) is 5.41 Å². The summed E-state index contributed by atoms with van der Waals surface area (Å²) in [4.78, 5) is 35.2. The van der Waals surface area contributed by atoms with Gasteiger partial charge in [0.15, 0.2) is 0 Å². The highest BCUT2D eigenvalue weighted by Crippen LogP contribution is 2.22. The van der Waals surface area contributed by atoms with Crippen LogP contribution in [-0.2, 0) is 14.3 Å². The summed E-state index contributed by atoms with van der Waals surface area (Å²) in [6.07, 6.45) is 6.43. The Kier molecular flexibility index (Phi) is 12.6. The highest BCUT2D eigenvalue weighted by Gasteiger charge is 2.31. The van der Waals surface area contributed by atoms with Crippen molar-refractivity contribution < 1.29 is 29.0 Å². The molecule has 6 N–H and O–H groups in total. The molecular formula is C27H52N4O6. The molecule has 0 spiro atoms.